The van der Waals surface area contributed by atoms with E-state index in [1.165, 1.54) is 11.9 Å². The minimum absolute atomic E-state index is 0.0667. The van der Waals surface area contributed by atoms with Crippen molar-refractivity contribution in [3.63, 3.8) is 0 Å². The lowest BCUT2D eigenvalue weighted by Gasteiger charge is -2.40. The predicted octanol–water partition coefficient (Wildman–Crippen LogP) is 1.11. The second kappa shape index (κ2) is 10.5. The van der Waals surface area contributed by atoms with Crippen LogP contribution in [0.4, 0.5) is 24.7 Å². The number of benzene rings is 1. The highest BCUT2D eigenvalue weighted by Gasteiger charge is 2.50. The van der Waals surface area contributed by atoms with Crippen molar-refractivity contribution in [3.8, 4) is 11.8 Å². The maximum absolute atomic E-state index is 13.4. The Kier molecular flexibility index (Phi) is 7.54. The highest BCUT2D eigenvalue weighted by molar-refractivity contribution is 6.30. The fourth-order valence-electron chi connectivity index (χ4n) is 4.34. The van der Waals surface area contributed by atoms with Gasteiger partial charge in [0.2, 0.25) is 0 Å². The largest absolute Gasteiger partial charge is 0.493 e. The van der Waals surface area contributed by atoms with E-state index in [2.05, 4.69) is 17.2 Å². The minimum Gasteiger partial charge on any atom is -0.327 e. The molecule has 1 atom stereocenters. The summed E-state index contributed by atoms with van der Waals surface area (Å²) in [5.41, 5.74) is -1.13. The maximum atomic E-state index is 13.4. The Morgan fingerprint density at radius 2 is 1.95 bits per heavy atom. The lowest BCUT2D eigenvalue weighted by molar-refractivity contribution is -0.203. The molecule has 1 N–H and O–H groups in total. The Labute approximate surface area is 214 Å². The van der Waals surface area contributed by atoms with Crippen LogP contribution >= 0.6 is 11.6 Å². The molecule has 37 heavy (non-hydrogen) atoms. The van der Waals surface area contributed by atoms with Crippen LogP contribution in [0.3, 0.4) is 0 Å². The van der Waals surface area contributed by atoms with E-state index in [1.807, 2.05) is 0 Å². The first-order valence-electron chi connectivity index (χ1n) is 11.3. The molecule has 2 aromatic rings. The number of rotatable bonds is 5. The lowest BCUT2D eigenvalue weighted by atomic mass is 10.2. The number of fused-ring (bicyclic) bond motifs is 1. The summed E-state index contributed by atoms with van der Waals surface area (Å²) in [6.07, 6.45) is -6.47. The summed E-state index contributed by atoms with van der Waals surface area (Å²) in [5, 5.41) is 4.24. The van der Waals surface area contributed by atoms with E-state index in [1.54, 1.807) is 36.1 Å². The normalized spacial score (nSPS) is 17.8. The summed E-state index contributed by atoms with van der Waals surface area (Å²) in [6, 6.07) is 6.53. The van der Waals surface area contributed by atoms with E-state index in [4.69, 9.17) is 16.4 Å². The molecule has 0 amide bonds. The SMILES string of the molecule is CC#CCN1c2c(n(Cc3cccc(Cl)c3)c(=O)n(C)c2=O)N(OC(=O)C(F)(F)F)C1N1CCNCC1. The van der Waals surface area contributed by atoms with E-state index in [0.29, 0.717) is 41.8 Å². The van der Waals surface area contributed by atoms with Gasteiger partial charge in [-0.3, -0.25) is 18.8 Å². The number of nitrogens with one attached hydrogen (secondary N) is 1. The second-order valence-electron chi connectivity index (χ2n) is 8.42. The molecular formula is C23H24ClF3N6O4. The van der Waals surface area contributed by atoms with E-state index < -0.39 is 29.7 Å². The van der Waals surface area contributed by atoms with Crippen molar-refractivity contribution in [2.75, 3.05) is 42.7 Å². The predicted molar refractivity (Wildman–Crippen MR) is 130 cm³/mol. The van der Waals surface area contributed by atoms with Crippen LogP contribution in [0, 0.1) is 11.8 Å². The maximum Gasteiger partial charge on any atom is 0.493 e. The van der Waals surface area contributed by atoms with Crippen LogP contribution in [0.15, 0.2) is 33.9 Å². The molecule has 0 spiro atoms. The zero-order valence-corrected chi connectivity index (χ0v) is 20.8. The quantitative estimate of drug-likeness (QED) is 0.564. The Morgan fingerprint density at radius 3 is 2.57 bits per heavy atom. The van der Waals surface area contributed by atoms with Crippen molar-refractivity contribution in [2.24, 2.45) is 7.05 Å². The van der Waals surface area contributed by atoms with Gasteiger partial charge in [-0.15, -0.1) is 11.0 Å². The standard InChI is InChI=1S/C23H24ClF3N6O4/c1-3-4-10-31-17-18(32(22(36)29(2)19(17)34)14-15-6-5-7-16(24)13-15)33(37-20(35)23(25,26)27)21(31)30-11-8-28-9-12-30/h5-7,13,21,28H,8-12,14H2,1-2H3. The molecule has 10 nitrogen and oxygen atoms in total. The molecule has 14 heteroatoms. The molecule has 1 saturated heterocycles. The zero-order valence-electron chi connectivity index (χ0n) is 20.0. The smallest absolute Gasteiger partial charge is 0.327 e. The number of anilines is 2. The molecule has 1 fully saturated rings. The van der Waals surface area contributed by atoms with Crippen LogP contribution in [-0.4, -0.2) is 65.2 Å². The molecule has 0 bridgehead atoms. The first kappa shape index (κ1) is 26.6. The summed E-state index contributed by atoms with van der Waals surface area (Å²) in [6.45, 7) is 3.11. The molecule has 1 aromatic carbocycles. The molecular weight excluding hydrogens is 517 g/mol. The minimum atomic E-state index is -5.32. The van der Waals surface area contributed by atoms with Gasteiger partial charge in [-0.1, -0.05) is 29.7 Å². The second-order valence-corrected chi connectivity index (χ2v) is 8.86. The number of hydrogen-bond donors (Lipinski definition) is 1. The van der Waals surface area contributed by atoms with Gasteiger partial charge in [0.25, 0.3) is 5.56 Å². The first-order chi connectivity index (χ1) is 17.5. The number of aromatic nitrogens is 2. The highest BCUT2D eigenvalue weighted by Crippen LogP contribution is 2.39. The van der Waals surface area contributed by atoms with E-state index >= 15 is 0 Å². The summed E-state index contributed by atoms with van der Waals surface area (Å²) in [7, 11) is 1.27. The van der Waals surface area contributed by atoms with Crippen LogP contribution in [-0.2, 0) is 23.2 Å². The van der Waals surface area contributed by atoms with Crippen LogP contribution in [0.25, 0.3) is 0 Å². The molecule has 0 aliphatic carbocycles. The van der Waals surface area contributed by atoms with Crippen molar-refractivity contribution >= 4 is 29.1 Å². The van der Waals surface area contributed by atoms with Crippen LogP contribution in [0.2, 0.25) is 5.02 Å². The number of piperazine rings is 1. The van der Waals surface area contributed by atoms with Crippen LogP contribution in [0.1, 0.15) is 12.5 Å². The molecule has 4 rings (SSSR count). The molecule has 0 radical (unpaired) electrons. The Bertz CT molecular complexity index is 1370. The van der Waals surface area contributed by atoms with Crippen LogP contribution < -0.4 is 26.5 Å². The first-order valence-corrected chi connectivity index (χ1v) is 11.7. The van der Waals surface area contributed by atoms with E-state index in [9.17, 15) is 27.6 Å². The average molecular weight is 541 g/mol. The number of halogens is 4. The summed E-state index contributed by atoms with van der Waals surface area (Å²) < 4.78 is 42.0. The van der Waals surface area contributed by atoms with Gasteiger partial charge in [-0.05, 0) is 24.6 Å². The van der Waals surface area contributed by atoms with Crippen LogP contribution in [0.5, 0.6) is 0 Å². The van der Waals surface area contributed by atoms with Gasteiger partial charge in [0.15, 0.2) is 17.8 Å². The van der Waals surface area contributed by atoms with Gasteiger partial charge in [0, 0.05) is 38.2 Å². The number of carbonyl (C=O) groups is 1. The molecule has 1 unspecified atom stereocenters. The highest BCUT2D eigenvalue weighted by atomic mass is 35.5. The molecule has 2 aliphatic heterocycles. The number of nitrogens with zero attached hydrogens (tertiary/aromatic N) is 5. The number of hydrogen-bond acceptors (Lipinski definition) is 8. The van der Waals surface area contributed by atoms with E-state index in [-0.39, 0.29) is 24.6 Å². The Balaban J connectivity index is 1.97. The molecule has 198 valence electrons. The molecule has 1 aromatic heterocycles. The summed E-state index contributed by atoms with van der Waals surface area (Å²) in [4.78, 5) is 46.9. The van der Waals surface area contributed by atoms with Crippen molar-refractivity contribution in [3.05, 3.63) is 55.7 Å². The fraction of sp³-hybridized carbons (Fsp3) is 0.435. The Hall–Kier alpha value is -3.47. The lowest BCUT2D eigenvalue weighted by Crippen LogP contribution is -2.61. The van der Waals surface area contributed by atoms with E-state index in [0.717, 1.165) is 9.13 Å². The Morgan fingerprint density at radius 1 is 1.24 bits per heavy atom. The topological polar surface area (TPSA) is 92.0 Å². The number of carbonyl (C=O) groups excluding carboxylic acids is 1. The monoisotopic (exact) mass is 540 g/mol. The molecule has 0 saturated carbocycles. The fourth-order valence-corrected chi connectivity index (χ4v) is 4.56. The molecule has 2 aliphatic rings. The van der Waals surface area contributed by atoms with Gasteiger partial charge >= 0.3 is 17.8 Å². The molecule has 3 heterocycles. The summed E-state index contributed by atoms with van der Waals surface area (Å²) in [5.74, 6) is 2.79. The third-order valence-electron chi connectivity index (χ3n) is 6.02. The van der Waals surface area contributed by atoms with Crippen molar-refractivity contribution in [2.45, 2.75) is 25.9 Å². The van der Waals surface area contributed by atoms with Crippen molar-refractivity contribution in [1.82, 2.24) is 19.4 Å². The number of alkyl halides is 3. The van der Waals surface area contributed by atoms with Gasteiger partial charge in [0.05, 0.1) is 13.1 Å². The van der Waals surface area contributed by atoms with Gasteiger partial charge in [-0.2, -0.15) is 13.2 Å². The van der Waals surface area contributed by atoms with Gasteiger partial charge < -0.3 is 15.1 Å². The third-order valence-corrected chi connectivity index (χ3v) is 6.26. The van der Waals surface area contributed by atoms with Crippen molar-refractivity contribution in [1.29, 1.82) is 0 Å². The van der Waals surface area contributed by atoms with Crippen molar-refractivity contribution < 1.29 is 22.8 Å². The third kappa shape index (κ3) is 5.18. The number of hydroxylamine groups is 1. The summed E-state index contributed by atoms with van der Waals surface area (Å²) >= 11 is 6.09. The average Bonchev–Trinajstić information content (AvgIpc) is 3.17. The van der Waals surface area contributed by atoms with Gasteiger partial charge in [-0.25, -0.2) is 9.59 Å². The van der Waals surface area contributed by atoms with Gasteiger partial charge in [0.1, 0.15) is 0 Å². The zero-order chi connectivity index (χ0) is 26.9.